The third-order valence-electron chi connectivity index (χ3n) is 3.54. The van der Waals surface area contributed by atoms with Crippen LogP contribution in [0, 0.1) is 18.3 Å². The summed E-state index contributed by atoms with van der Waals surface area (Å²) in [5.74, 6) is 0.820. The Morgan fingerprint density at radius 1 is 1.57 bits per heavy atom. The molecule has 1 aromatic rings. The Hall–Kier alpha value is -0.340. The molecule has 1 N–H and O–H groups in total. The molecule has 1 heterocycles. The van der Waals surface area contributed by atoms with Crippen molar-refractivity contribution in [2.24, 2.45) is 11.3 Å². The fraction of sp³-hybridized carbons (Fsp3) is 0.667. The van der Waals surface area contributed by atoms with Gasteiger partial charge in [-0.2, -0.15) is 0 Å². The summed E-state index contributed by atoms with van der Waals surface area (Å²) < 4.78 is 0. The van der Waals surface area contributed by atoms with Crippen molar-refractivity contribution in [3.8, 4) is 0 Å². The zero-order chi connectivity index (χ0) is 10.3. The molecule has 0 radical (unpaired) electrons. The van der Waals surface area contributed by atoms with Crippen LogP contribution in [0.2, 0.25) is 0 Å². The minimum absolute atomic E-state index is 0.544. The lowest BCUT2D eigenvalue weighted by Gasteiger charge is -2.18. The highest BCUT2D eigenvalue weighted by atomic mass is 32.1. The van der Waals surface area contributed by atoms with Gasteiger partial charge in [-0.25, -0.2) is 0 Å². The van der Waals surface area contributed by atoms with Crippen molar-refractivity contribution in [2.45, 2.75) is 33.2 Å². The van der Waals surface area contributed by atoms with E-state index >= 15 is 0 Å². The second kappa shape index (κ2) is 3.35. The molecule has 0 amide bonds. The summed E-state index contributed by atoms with van der Waals surface area (Å²) in [6.45, 7) is 6.95. The Kier molecular flexibility index (Phi) is 2.44. The van der Waals surface area contributed by atoms with E-state index in [-0.39, 0.29) is 0 Å². The third-order valence-corrected chi connectivity index (χ3v) is 4.40. The van der Waals surface area contributed by atoms with E-state index in [0.717, 1.165) is 5.92 Å². The van der Waals surface area contributed by atoms with E-state index in [1.54, 1.807) is 0 Å². The monoisotopic (exact) mass is 209 g/mol. The maximum absolute atomic E-state index is 3.47. The average Bonchev–Trinajstić information content (AvgIpc) is 2.55. The van der Waals surface area contributed by atoms with Crippen LogP contribution in [0.5, 0.6) is 0 Å². The SMILES string of the molecule is CNC(c1ccsc1C)C1CC1(C)C. The van der Waals surface area contributed by atoms with Gasteiger partial charge in [-0.1, -0.05) is 13.8 Å². The minimum atomic E-state index is 0.544. The van der Waals surface area contributed by atoms with Crippen LogP contribution < -0.4 is 5.32 Å². The van der Waals surface area contributed by atoms with Crippen LogP contribution in [-0.2, 0) is 0 Å². The van der Waals surface area contributed by atoms with Crippen LogP contribution in [0.1, 0.15) is 36.8 Å². The normalized spacial score (nSPS) is 26.1. The van der Waals surface area contributed by atoms with Gasteiger partial charge in [0.25, 0.3) is 0 Å². The highest BCUT2D eigenvalue weighted by molar-refractivity contribution is 7.10. The maximum Gasteiger partial charge on any atom is 0.0362 e. The molecule has 0 aromatic carbocycles. The molecule has 1 nitrogen and oxygen atoms in total. The van der Waals surface area contributed by atoms with Crippen LogP contribution in [-0.4, -0.2) is 7.05 Å². The Morgan fingerprint density at radius 2 is 2.21 bits per heavy atom. The summed E-state index contributed by atoms with van der Waals surface area (Å²) in [6, 6.07) is 2.84. The summed E-state index contributed by atoms with van der Waals surface area (Å²) in [5.41, 5.74) is 2.05. The van der Waals surface area contributed by atoms with E-state index in [0.29, 0.717) is 11.5 Å². The Morgan fingerprint density at radius 3 is 2.57 bits per heavy atom. The van der Waals surface area contributed by atoms with Crippen LogP contribution in [0.3, 0.4) is 0 Å². The lowest BCUT2D eigenvalue weighted by atomic mass is 9.98. The van der Waals surface area contributed by atoms with Crippen molar-refractivity contribution in [3.63, 3.8) is 0 Å². The lowest BCUT2D eigenvalue weighted by Crippen LogP contribution is -2.20. The highest BCUT2D eigenvalue weighted by Gasteiger charge is 2.50. The molecular weight excluding hydrogens is 190 g/mol. The molecule has 1 aliphatic carbocycles. The van der Waals surface area contributed by atoms with Crippen LogP contribution >= 0.6 is 11.3 Å². The number of hydrogen-bond acceptors (Lipinski definition) is 2. The van der Waals surface area contributed by atoms with Crippen LogP contribution in [0.25, 0.3) is 0 Å². The van der Waals surface area contributed by atoms with E-state index in [9.17, 15) is 0 Å². The molecule has 1 aliphatic rings. The van der Waals surface area contributed by atoms with E-state index in [1.165, 1.54) is 16.9 Å². The van der Waals surface area contributed by atoms with Gasteiger partial charge in [-0.05, 0) is 48.7 Å². The summed E-state index contributed by atoms with van der Waals surface area (Å²) in [4.78, 5) is 1.46. The summed E-state index contributed by atoms with van der Waals surface area (Å²) >= 11 is 1.85. The first-order valence-electron chi connectivity index (χ1n) is 5.27. The molecule has 1 aromatic heterocycles. The molecule has 2 rings (SSSR count). The van der Waals surface area contributed by atoms with Gasteiger partial charge >= 0.3 is 0 Å². The first kappa shape index (κ1) is 10.2. The quantitative estimate of drug-likeness (QED) is 0.805. The van der Waals surface area contributed by atoms with Crippen molar-refractivity contribution in [1.29, 1.82) is 0 Å². The van der Waals surface area contributed by atoms with E-state index in [1.807, 2.05) is 11.3 Å². The van der Waals surface area contributed by atoms with Crippen LogP contribution in [0.15, 0.2) is 11.4 Å². The van der Waals surface area contributed by atoms with Gasteiger partial charge < -0.3 is 5.32 Å². The standard InChI is InChI=1S/C12H19NS/c1-8-9(5-6-14-8)11(13-4)10-7-12(10,2)3/h5-6,10-11,13H,7H2,1-4H3. The lowest BCUT2D eigenvalue weighted by molar-refractivity contribution is 0.440. The summed E-state index contributed by atoms with van der Waals surface area (Å²) in [5, 5.41) is 5.67. The molecule has 0 bridgehead atoms. The van der Waals surface area contributed by atoms with Gasteiger partial charge in [0, 0.05) is 10.9 Å². The Bertz CT molecular complexity index is 327. The molecule has 78 valence electrons. The number of rotatable bonds is 3. The zero-order valence-electron chi connectivity index (χ0n) is 9.42. The zero-order valence-corrected chi connectivity index (χ0v) is 10.2. The van der Waals surface area contributed by atoms with Gasteiger partial charge in [0.1, 0.15) is 0 Å². The minimum Gasteiger partial charge on any atom is -0.313 e. The van der Waals surface area contributed by atoms with Crippen molar-refractivity contribution in [1.82, 2.24) is 5.32 Å². The molecule has 0 aliphatic heterocycles. The smallest absolute Gasteiger partial charge is 0.0362 e. The predicted molar refractivity (Wildman–Crippen MR) is 62.7 cm³/mol. The van der Waals surface area contributed by atoms with Crippen LogP contribution in [0.4, 0.5) is 0 Å². The topological polar surface area (TPSA) is 12.0 Å². The van der Waals surface area contributed by atoms with Gasteiger partial charge in [0.15, 0.2) is 0 Å². The molecule has 1 fully saturated rings. The van der Waals surface area contributed by atoms with Crippen molar-refractivity contribution in [3.05, 3.63) is 21.9 Å². The van der Waals surface area contributed by atoms with Gasteiger partial charge in [0.05, 0.1) is 0 Å². The first-order valence-corrected chi connectivity index (χ1v) is 6.15. The molecule has 0 saturated heterocycles. The molecule has 2 heteroatoms. The number of nitrogens with one attached hydrogen (secondary N) is 1. The predicted octanol–water partition coefficient (Wildman–Crippen LogP) is 3.36. The second-order valence-electron chi connectivity index (χ2n) is 5.00. The molecule has 2 atom stereocenters. The van der Waals surface area contributed by atoms with E-state index in [4.69, 9.17) is 0 Å². The van der Waals surface area contributed by atoms with Crippen molar-refractivity contribution < 1.29 is 0 Å². The number of aryl methyl sites for hydroxylation is 1. The molecular formula is C12H19NS. The fourth-order valence-corrected chi connectivity index (χ4v) is 3.12. The number of thiophene rings is 1. The third kappa shape index (κ3) is 1.61. The Balaban J connectivity index is 2.20. The van der Waals surface area contributed by atoms with Crippen molar-refractivity contribution in [2.75, 3.05) is 7.05 Å². The van der Waals surface area contributed by atoms with Gasteiger partial charge in [-0.3, -0.25) is 0 Å². The van der Waals surface area contributed by atoms with E-state index in [2.05, 4.69) is 44.6 Å². The highest BCUT2D eigenvalue weighted by Crippen LogP contribution is 2.58. The summed E-state index contributed by atoms with van der Waals surface area (Å²) in [6.07, 6.45) is 1.35. The summed E-state index contributed by atoms with van der Waals surface area (Å²) in [7, 11) is 2.08. The molecule has 0 spiro atoms. The average molecular weight is 209 g/mol. The Labute approximate surface area is 90.5 Å². The molecule has 2 unspecified atom stereocenters. The molecule has 14 heavy (non-hydrogen) atoms. The first-order chi connectivity index (χ1) is 6.56. The number of hydrogen-bond donors (Lipinski definition) is 1. The second-order valence-corrected chi connectivity index (χ2v) is 6.12. The maximum atomic E-state index is 3.47. The van der Waals surface area contributed by atoms with Gasteiger partial charge in [-0.15, -0.1) is 11.3 Å². The largest absolute Gasteiger partial charge is 0.313 e. The molecule has 1 saturated carbocycles. The van der Waals surface area contributed by atoms with E-state index < -0.39 is 0 Å². The van der Waals surface area contributed by atoms with Gasteiger partial charge in [0.2, 0.25) is 0 Å². The van der Waals surface area contributed by atoms with Crippen molar-refractivity contribution >= 4 is 11.3 Å². The fourth-order valence-electron chi connectivity index (χ4n) is 2.37.